The van der Waals surface area contributed by atoms with Crippen LogP contribution in [0.5, 0.6) is 0 Å². The Hall–Kier alpha value is -0.500. The maximum absolute atomic E-state index is 13.9. The largest absolute Gasteiger partial charge is 0.316 e. The summed E-state index contributed by atoms with van der Waals surface area (Å²) in [4.78, 5) is -0.233. The zero-order valence-electron chi connectivity index (χ0n) is 10.9. The summed E-state index contributed by atoms with van der Waals surface area (Å²) in [6.07, 6.45) is 1.83. The van der Waals surface area contributed by atoms with Crippen LogP contribution >= 0.6 is 15.9 Å². The van der Waals surface area contributed by atoms with Crippen LogP contribution in [0.3, 0.4) is 0 Å². The Labute approximate surface area is 126 Å². The van der Waals surface area contributed by atoms with E-state index in [2.05, 4.69) is 21.2 Å². The Balaban J connectivity index is 1.89. The topological polar surface area (TPSA) is 49.4 Å². The van der Waals surface area contributed by atoms with Crippen molar-refractivity contribution < 1.29 is 12.8 Å². The van der Waals surface area contributed by atoms with Crippen LogP contribution < -0.4 is 5.32 Å². The molecule has 7 heteroatoms. The lowest BCUT2D eigenvalue weighted by atomic mass is 9.87. The molecule has 3 rings (SSSR count). The van der Waals surface area contributed by atoms with Gasteiger partial charge in [0.25, 0.3) is 0 Å². The molecule has 110 valence electrons. The predicted octanol–water partition coefficient (Wildman–Crippen LogP) is 1.96. The van der Waals surface area contributed by atoms with Crippen molar-refractivity contribution in [1.29, 1.82) is 0 Å². The van der Waals surface area contributed by atoms with Crippen molar-refractivity contribution in [3.05, 3.63) is 28.5 Å². The van der Waals surface area contributed by atoms with E-state index >= 15 is 0 Å². The van der Waals surface area contributed by atoms with E-state index < -0.39 is 15.8 Å². The van der Waals surface area contributed by atoms with E-state index in [0.717, 1.165) is 25.9 Å². The van der Waals surface area contributed by atoms with Crippen LogP contribution in [0.25, 0.3) is 0 Å². The van der Waals surface area contributed by atoms with E-state index in [1.165, 1.54) is 16.4 Å². The van der Waals surface area contributed by atoms with Gasteiger partial charge in [-0.1, -0.05) is 15.9 Å². The second kappa shape index (κ2) is 5.05. The highest BCUT2D eigenvalue weighted by atomic mass is 79.9. The molecule has 2 fully saturated rings. The summed E-state index contributed by atoms with van der Waals surface area (Å²) < 4.78 is 41.0. The summed E-state index contributed by atoms with van der Waals surface area (Å²) in [6, 6.07) is 4.07. The summed E-state index contributed by atoms with van der Waals surface area (Å²) in [5, 5.41) is 3.28. The van der Waals surface area contributed by atoms with E-state index in [1.54, 1.807) is 6.07 Å². The fourth-order valence-corrected chi connectivity index (χ4v) is 5.00. The van der Waals surface area contributed by atoms with Gasteiger partial charge in [0.05, 0.1) is 0 Å². The van der Waals surface area contributed by atoms with Crippen molar-refractivity contribution in [2.24, 2.45) is 5.41 Å². The summed E-state index contributed by atoms with van der Waals surface area (Å²) in [5.41, 5.74) is 0.0406. The molecule has 20 heavy (non-hydrogen) atoms. The maximum atomic E-state index is 13.9. The first-order valence-corrected chi connectivity index (χ1v) is 8.82. The molecule has 1 N–H and O–H groups in total. The van der Waals surface area contributed by atoms with Gasteiger partial charge in [0, 0.05) is 24.1 Å². The minimum atomic E-state index is -3.74. The van der Waals surface area contributed by atoms with Crippen LogP contribution in [0.15, 0.2) is 27.6 Å². The van der Waals surface area contributed by atoms with Gasteiger partial charge in [-0.05, 0) is 43.0 Å². The van der Waals surface area contributed by atoms with E-state index in [0.29, 0.717) is 17.6 Å². The Morgan fingerprint density at radius 2 is 2.15 bits per heavy atom. The number of nitrogens with one attached hydrogen (secondary N) is 1. The molecule has 1 aromatic carbocycles. The highest BCUT2D eigenvalue weighted by Crippen LogP contribution is 2.38. The minimum absolute atomic E-state index is 0.0406. The van der Waals surface area contributed by atoms with Crippen LogP contribution in [-0.4, -0.2) is 38.9 Å². The zero-order chi connectivity index (χ0) is 14.4. The second-order valence-corrected chi connectivity index (χ2v) is 8.41. The third-order valence-electron chi connectivity index (χ3n) is 4.25. The van der Waals surface area contributed by atoms with Gasteiger partial charge in [-0.2, -0.15) is 4.31 Å². The van der Waals surface area contributed by atoms with Gasteiger partial charge in [-0.25, -0.2) is 12.8 Å². The molecule has 1 atom stereocenters. The molecule has 0 aliphatic carbocycles. The second-order valence-electron chi connectivity index (χ2n) is 5.59. The molecule has 2 heterocycles. The Morgan fingerprint density at radius 1 is 1.35 bits per heavy atom. The minimum Gasteiger partial charge on any atom is -0.316 e. The van der Waals surface area contributed by atoms with Gasteiger partial charge in [0.1, 0.15) is 10.7 Å². The van der Waals surface area contributed by atoms with Crippen molar-refractivity contribution >= 4 is 26.0 Å². The lowest BCUT2D eigenvalue weighted by molar-refractivity contribution is 0.337. The lowest BCUT2D eigenvalue weighted by Crippen LogP contribution is -2.33. The van der Waals surface area contributed by atoms with Crippen LogP contribution in [0.4, 0.5) is 4.39 Å². The van der Waals surface area contributed by atoms with Gasteiger partial charge in [0.2, 0.25) is 10.0 Å². The first kappa shape index (κ1) is 14.4. The van der Waals surface area contributed by atoms with Gasteiger partial charge >= 0.3 is 0 Å². The lowest BCUT2D eigenvalue weighted by Gasteiger charge is -2.22. The normalized spacial score (nSPS) is 27.5. The average molecular weight is 363 g/mol. The molecule has 0 radical (unpaired) electrons. The predicted molar refractivity (Wildman–Crippen MR) is 77.4 cm³/mol. The van der Waals surface area contributed by atoms with Gasteiger partial charge in [0.15, 0.2) is 0 Å². The smallest absolute Gasteiger partial charge is 0.246 e. The Bertz CT molecular complexity index is 629. The molecule has 2 aliphatic rings. The van der Waals surface area contributed by atoms with Crippen molar-refractivity contribution in [2.75, 3.05) is 26.2 Å². The number of sulfonamides is 1. The fraction of sp³-hybridized carbons (Fsp3) is 0.538. The molecule has 2 saturated heterocycles. The average Bonchev–Trinajstić information content (AvgIpc) is 3.00. The quantitative estimate of drug-likeness (QED) is 0.874. The molecule has 2 aliphatic heterocycles. The fourth-order valence-electron chi connectivity index (χ4n) is 3.07. The van der Waals surface area contributed by atoms with Crippen molar-refractivity contribution in [1.82, 2.24) is 9.62 Å². The molecule has 0 amide bonds. The number of halogens is 2. The van der Waals surface area contributed by atoms with E-state index in [1.807, 2.05) is 0 Å². The number of nitrogens with zero attached hydrogens (tertiary/aromatic N) is 1. The van der Waals surface area contributed by atoms with Crippen molar-refractivity contribution in [2.45, 2.75) is 17.7 Å². The summed E-state index contributed by atoms with van der Waals surface area (Å²) in [7, 11) is -3.74. The number of benzene rings is 1. The van der Waals surface area contributed by atoms with Crippen LogP contribution in [0.2, 0.25) is 0 Å². The standard InChI is InChI=1S/C13H16BrFN2O2S/c14-10-1-2-12(11(15)7-10)20(18,19)17-6-4-13(9-17)3-5-16-8-13/h1-2,7,16H,3-6,8-9H2. The molecule has 0 aromatic heterocycles. The number of hydrogen-bond donors (Lipinski definition) is 1. The molecule has 1 unspecified atom stereocenters. The number of hydrogen-bond acceptors (Lipinski definition) is 3. The molecule has 0 bridgehead atoms. The Kier molecular flexibility index (Phi) is 3.64. The first-order valence-electron chi connectivity index (χ1n) is 6.59. The highest BCUT2D eigenvalue weighted by molar-refractivity contribution is 9.10. The monoisotopic (exact) mass is 362 g/mol. The molecular formula is C13H16BrFN2O2S. The maximum Gasteiger partial charge on any atom is 0.246 e. The van der Waals surface area contributed by atoms with Crippen LogP contribution in [0, 0.1) is 11.2 Å². The highest BCUT2D eigenvalue weighted by Gasteiger charge is 2.44. The van der Waals surface area contributed by atoms with Gasteiger partial charge < -0.3 is 5.32 Å². The molecule has 1 aromatic rings. The molecule has 4 nitrogen and oxygen atoms in total. The SMILES string of the molecule is O=S(=O)(c1ccc(Br)cc1F)N1CCC2(CCNC2)C1. The zero-order valence-corrected chi connectivity index (χ0v) is 13.3. The van der Waals surface area contributed by atoms with Crippen molar-refractivity contribution in [3.8, 4) is 0 Å². The molecular weight excluding hydrogens is 347 g/mol. The van der Waals surface area contributed by atoms with E-state index in [9.17, 15) is 12.8 Å². The molecule has 1 spiro atoms. The number of rotatable bonds is 2. The summed E-state index contributed by atoms with van der Waals surface area (Å²) in [6.45, 7) is 2.74. The third kappa shape index (κ3) is 2.41. The summed E-state index contributed by atoms with van der Waals surface area (Å²) >= 11 is 3.14. The van der Waals surface area contributed by atoms with Crippen LogP contribution in [-0.2, 0) is 10.0 Å². The van der Waals surface area contributed by atoms with Gasteiger partial charge in [-0.3, -0.25) is 0 Å². The van der Waals surface area contributed by atoms with E-state index in [4.69, 9.17) is 0 Å². The van der Waals surface area contributed by atoms with E-state index in [-0.39, 0.29) is 10.3 Å². The Morgan fingerprint density at radius 3 is 2.80 bits per heavy atom. The van der Waals surface area contributed by atoms with Crippen LogP contribution in [0.1, 0.15) is 12.8 Å². The first-order chi connectivity index (χ1) is 9.43. The third-order valence-corrected chi connectivity index (χ3v) is 6.62. The summed E-state index contributed by atoms with van der Waals surface area (Å²) in [5.74, 6) is -0.704. The van der Waals surface area contributed by atoms with Crippen molar-refractivity contribution in [3.63, 3.8) is 0 Å². The molecule has 0 saturated carbocycles. The van der Waals surface area contributed by atoms with Gasteiger partial charge in [-0.15, -0.1) is 0 Å².